The third-order valence-corrected chi connectivity index (χ3v) is 1.33. The van der Waals surface area contributed by atoms with Crippen LogP contribution in [-0.4, -0.2) is 0 Å². The third-order valence-electron chi connectivity index (χ3n) is 1.33. The van der Waals surface area contributed by atoms with Crippen LogP contribution in [0.3, 0.4) is 0 Å². The van der Waals surface area contributed by atoms with Gasteiger partial charge in [0.2, 0.25) is 0 Å². The number of allylic oxidation sites excluding steroid dienone is 6. The van der Waals surface area contributed by atoms with Gasteiger partial charge in [0, 0.05) is 11.4 Å². The van der Waals surface area contributed by atoms with Crippen molar-refractivity contribution in [3.63, 3.8) is 0 Å². The maximum Gasteiger partial charge on any atom is 0.0270 e. The largest absolute Gasteiger partial charge is 0.399 e. The SMILES string of the molecule is C=C(N)/C=C/C(=C)/C=C\C(N)=C/C. The molecule has 0 rings (SSSR count). The Kier molecular flexibility index (Phi) is 5.12. The molecule has 70 valence electrons. The van der Waals surface area contributed by atoms with Crippen LogP contribution >= 0.6 is 0 Å². The van der Waals surface area contributed by atoms with E-state index in [-0.39, 0.29) is 0 Å². The van der Waals surface area contributed by atoms with Gasteiger partial charge in [0.15, 0.2) is 0 Å². The van der Waals surface area contributed by atoms with Crippen LogP contribution in [0.4, 0.5) is 0 Å². The first-order valence-electron chi connectivity index (χ1n) is 3.97. The van der Waals surface area contributed by atoms with Gasteiger partial charge in [0.05, 0.1) is 0 Å². The number of nitrogens with two attached hydrogens (primary N) is 2. The van der Waals surface area contributed by atoms with Crippen molar-refractivity contribution in [1.82, 2.24) is 0 Å². The summed E-state index contributed by atoms with van der Waals surface area (Å²) in [7, 11) is 0. The first-order valence-corrected chi connectivity index (χ1v) is 3.97. The molecule has 0 aliphatic rings. The minimum Gasteiger partial charge on any atom is -0.399 e. The molecule has 0 amide bonds. The Balaban J connectivity index is 4.17. The van der Waals surface area contributed by atoms with E-state index in [2.05, 4.69) is 13.2 Å². The molecule has 0 saturated heterocycles. The zero-order valence-electron chi connectivity index (χ0n) is 7.96. The van der Waals surface area contributed by atoms with E-state index in [9.17, 15) is 0 Å². The van der Waals surface area contributed by atoms with Crippen molar-refractivity contribution in [2.24, 2.45) is 11.5 Å². The molecule has 0 aromatic rings. The molecule has 0 bridgehead atoms. The number of hydrogen-bond donors (Lipinski definition) is 2. The lowest BCUT2D eigenvalue weighted by molar-refractivity contribution is 1.39. The summed E-state index contributed by atoms with van der Waals surface area (Å²) in [6.07, 6.45) is 8.89. The zero-order chi connectivity index (χ0) is 10.3. The van der Waals surface area contributed by atoms with Gasteiger partial charge in [-0.25, -0.2) is 0 Å². The molecule has 0 aromatic carbocycles. The molecule has 13 heavy (non-hydrogen) atoms. The smallest absolute Gasteiger partial charge is 0.0270 e. The minimum absolute atomic E-state index is 0.508. The highest BCUT2D eigenvalue weighted by Gasteiger charge is 1.81. The summed E-state index contributed by atoms with van der Waals surface area (Å²) in [4.78, 5) is 0. The highest BCUT2D eigenvalue weighted by molar-refractivity contribution is 5.34. The summed E-state index contributed by atoms with van der Waals surface area (Å²) < 4.78 is 0. The summed E-state index contributed by atoms with van der Waals surface area (Å²) in [5.74, 6) is 0. The lowest BCUT2D eigenvalue weighted by Gasteiger charge is -1.91. The fourth-order valence-corrected chi connectivity index (χ4v) is 0.569. The highest BCUT2D eigenvalue weighted by atomic mass is 14.5. The van der Waals surface area contributed by atoms with E-state index in [4.69, 9.17) is 11.5 Å². The summed E-state index contributed by atoms with van der Waals surface area (Å²) in [5, 5.41) is 0. The maximum atomic E-state index is 5.54. The Morgan fingerprint density at radius 2 is 1.54 bits per heavy atom. The topological polar surface area (TPSA) is 52.0 Å². The van der Waals surface area contributed by atoms with Crippen LogP contribution in [0.2, 0.25) is 0 Å². The molecule has 4 N–H and O–H groups in total. The van der Waals surface area contributed by atoms with E-state index in [1.807, 2.05) is 19.1 Å². The molecule has 0 aliphatic carbocycles. The summed E-state index contributed by atoms with van der Waals surface area (Å²) in [6, 6.07) is 0. The molecule has 0 fully saturated rings. The molecule has 2 heteroatoms. The number of rotatable bonds is 4. The highest BCUT2D eigenvalue weighted by Crippen LogP contribution is 1.98. The molecule has 0 heterocycles. The third kappa shape index (κ3) is 6.69. The minimum atomic E-state index is 0.508. The van der Waals surface area contributed by atoms with Gasteiger partial charge in [-0.3, -0.25) is 0 Å². The van der Waals surface area contributed by atoms with Crippen LogP contribution in [0.1, 0.15) is 6.92 Å². The lowest BCUT2D eigenvalue weighted by atomic mass is 10.2. The molecule has 0 atom stereocenters. The molecular formula is C11H16N2. The van der Waals surface area contributed by atoms with Gasteiger partial charge >= 0.3 is 0 Å². The first-order chi connectivity index (χ1) is 6.06. The molecule has 0 saturated carbocycles. The fourth-order valence-electron chi connectivity index (χ4n) is 0.569. The van der Waals surface area contributed by atoms with E-state index >= 15 is 0 Å². The second-order valence-electron chi connectivity index (χ2n) is 2.61. The van der Waals surface area contributed by atoms with Gasteiger partial charge in [0.1, 0.15) is 0 Å². The van der Waals surface area contributed by atoms with Crippen molar-refractivity contribution in [3.8, 4) is 0 Å². The average Bonchev–Trinajstić information content (AvgIpc) is 2.10. The Bertz CT molecular complexity index is 280. The van der Waals surface area contributed by atoms with E-state index in [1.165, 1.54) is 0 Å². The van der Waals surface area contributed by atoms with Gasteiger partial charge in [-0.2, -0.15) is 0 Å². The van der Waals surface area contributed by atoms with Crippen LogP contribution in [0, 0.1) is 0 Å². The fraction of sp³-hybridized carbons (Fsp3) is 0.0909. The first kappa shape index (κ1) is 11.3. The van der Waals surface area contributed by atoms with Gasteiger partial charge in [-0.15, -0.1) is 0 Å². The van der Waals surface area contributed by atoms with E-state index in [0.29, 0.717) is 11.4 Å². The molecule has 2 nitrogen and oxygen atoms in total. The van der Waals surface area contributed by atoms with E-state index in [0.717, 1.165) is 5.57 Å². The number of hydrogen-bond acceptors (Lipinski definition) is 2. The summed E-state index contributed by atoms with van der Waals surface area (Å²) in [6.45, 7) is 9.18. The molecule has 0 radical (unpaired) electrons. The second kappa shape index (κ2) is 5.89. The standard InChI is InChI=1S/C11H16N2/c1-4-11(13)8-6-9(2)5-7-10(3)12/h4-8H,2-3,12-13H2,1H3/b7-5+,8-6-,11-4+. The van der Waals surface area contributed by atoms with Crippen molar-refractivity contribution in [1.29, 1.82) is 0 Å². The van der Waals surface area contributed by atoms with Gasteiger partial charge in [0.25, 0.3) is 0 Å². The van der Waals surface area contributed by atoms with Crippen LogP contribution < -0.4 is 11.5 Å². The predicted octanol–water partition coefficient (Wildman–Crippen LogP) is 1.99. The van der Waals surface area contributed by atoms with Crippen molar-refractivity contribution >= 4 is 0 Å². The normalized spacial score (nSPS) is 12.5. The van der Waals surface area contributed by atoms with Gasteiger partial charge < -0.3 is 11.5 Å². The van der Waals surface area contributed by atoms with Crippen molar-refractivity contribution in [2.45, 2.75) is 6.92 Å². The van der Waals surface area contributed by atoms with Crippen LogP contribution in [0.15, 0.2) is 60.5 Å². The van der Waals surface area contributed by atoms with E-state index < -0.39 is 0 Å². The molecule has 0 unspecified atom stereocenters. The Morgan fingerprint density at radius 3 is 2.00 bits per heavy atom. The molecule has 0 aliphatic heterocycles. The van der Waals surface area contributed by atoms with Crippen LogP contribution in [-0.2, 0) is 0 Å². The molecule has 0 aromatic heterocycles. The van der Waals surface area contributed by atoms with Gasteiger partial charge in [-0.1, -0.05) is 31.4 Å². The van der Waals surface area contributed by atoms with Crippen molar-refractivity contribution in [2.75, 3.05) is 0 Å². The molecule has 0 spiro atoms. The van der Waals surface area contributed by atoms with Crippen LogP contribution in [0.5, 0.6) is 0 Å². The second-order valence-corrected chi connectivity index (χ2v) is 2.61. The monoisotopic (exact) mass is 176 g/mol. The summed E-state index contributed by atoms with van der Waals surface area (Å²) in [5.41, 5.74) is 12.9. The summed E-state index contributed by atoms with van der Waals surface area (Å²) >= 11 is 0. The maximum absolute atomic E-state index is 5.54. The average molecular weight is 176 g/mol. The van der Waals surface area contributed by atoms with E-state index in [1.54, 1.807) is 18.2 Å². The lowest BCUT2D eigenvalue weighted by Crippen LogP contribution is -1.91. The Labute approximate surface area is 79.6 Å². The predicted molar refractivity (Wildman–Crippen MR) is 58.7 cm³/mol. The van der Waals surface area contributed by atoms with Crippen molar-refractivity contribution < 1.29 is 0 Å². The molecular weight excluding hydrogens is 160 g/mol. The zero-order valence-corrected chi connectivity index (χ0v) is 7.96. The quantitative estimate of drug-likeness (QED) is 0.643. The van der Waals surface area contributed by atoms with Gasteiger partial charge in [-0.05, 0) is 24.6 Å². The van der Waals surface area contributed by atoms with Crippen LogP contribution in [0.25, 0.3) is 0 Å². The van der Waals surface area contributed by atoms with Crippen molar-refractivity contribution in [3.05, 3.63) is 60.5 Å². The Hall–Kier alpha value is -1.70. The Morgan fingerprint density at radius 1 is 1.00 bits per heavy atom.